The molecule has 1 aliphatic rings. The quantitative estimate of drug-likeness (QED) is 0.623. The summed E-state index contributed by atoms with van der Waals surface area (Å²) < 4.78 is 6.98. The Morgan fingerprint density at radius 1 is 1.06 bits per heavy atom. The minimum absolute atomic E-state index is 0.0324. The van der Waals surface area contributed by atoms with Crippen molar-refractivity contribution >= 4 is 11.6 Å². The van der Waals surface area contributed by atoms with E-state index in [0.29, 0.717) is 12.4 Å². The number of methoxy groups -OCH3 is 1. The third-order valence-electron chi connectivity index (χ3n) is 6.24. The molecule has 1 saturated heterocycles. The van der Waals surface area contributed by atoms with Crippen LogP contribution in [0.5, 0.6) is 5.75 Å². The van der Waals surface area contributed by atoms with E-state index in [1.807, 2.05) is 45.9 Å². The summed E-state index contributed by atoms with van der Waals surface area (Å²) in [6, 6.07) is 10.3. The molecule has 3 aromatic rings. The summed E-state index contributed by atoms with van der Waals surface area (Å²) >= 11 is 0. The Labute approximate surface area is 195 Å². The maximum atomic E-state index is 12.9. The van der Waals surface area contributed by atoms with Gasteiger partial charge >= 0.3 is 0 Å². The van der Waals surface area contributed by atoms with Crippen molar-refractivity contribution in [2.24, 2.45) is 0 Å². The van der Waals surface area contributed by atoms with Gasteiger partial charge in [-0.25, -0.2) is 14.6 Å². The molecule has 1 amide bonds. The first-order valence-corrected chi connectivity index (χ1v) is 11.4. The average Bonchev–Trinajstić information content (AvgIpc) is 3.07. The summed E-state index contributed by atoms with van der Waals surface area (Å²) in [6.07, 6.45) is 2.15. The molecule has 0 radical (unpaired) electrons. The minimum Gasteiger partial charge on any atom is -0.497 e. The lowest BCUT2D eigenvalue weighted by Gasteiger charge is -2.34. The molecular formula is C25H32N6O2. The number of amides is 1. The average molecular weight is 449 g/mol. The second-order valence-corrected chi connectivity index (χ2v) is 8.72. The molecule has 8 heteroatoms. The number of carbonyl (C=O) groups excluding carboxylic acids is 1. The molecule has 3 heterocycles. The highest BCUT2D eigenvalue weighted by atomic mass is 16.5. The Balaban J connectivity index is 1.36. The Bertz CT molecular complexity index is 1110. The van der Waals surface area contributed by atoms with Gasteiger partial charge < -0.3 is 15.0 Å². The van der Waals surface area contributed by atoms with E-state index in [0.717, 1.165) is 60.0 Å². The molecule has 4 rings (SSSR count). The van der Waals surface area contributed by atoms with Crippen molar-refractivity contribution in [2.75, 3.05) is 25.1 Å². The first-order valence-electron chi connectivity index (χ1n) is 11.4. The van der Waals surface area contributed by atoms with Crippen molar-refractivity contribution in [1.29, 1.82) is 0 Å². The highest BCUT2D eigenvalue weighted by Gasteiger charge is 2.23. The third-order valence-corrected chi connectivity index (χ3v) is 6.24. The van der Waals surface area contributed by atoms with E-state index in [4.69, 9.17) is 4.74 Å². The zero-order valence-electron chi connectivity index (χ0n) is 20.1. The van der Waals surface area contributed by atoms with Crippen LogP contribution < -0.4 is 15.0 Å². The van der Waals surface area contributed by atoms with Crippen molar-refractivity contribution in [3.63, 3.8) is 0 Å². The normalized spacial score (nSPS) is 14.4. The van der Waals surface area contributed by atoms with Gasteiger partial charge in [0.15, 0.2) is 0 Å². The summed E-state index contributed by atoms with van der Waals surface area (Å²) in [7, 11) is 1.68. The molecule has 8 nitrogen and oxygen atoms in total. The SMILES string of the molecule is COc1ccc(N2CCC(NC(=O)Cc3c(C)nn(-c4nc(C)cc(C)n4)c3C)CC2)cc1. The third kappa shape index (κ3) is 5.16. The maximum Gasteiger partial charge on any atom is 0.251 e. The molecule has 0 unspecified atom stereocenters. The fraction of sp³-hybridized carbons (Fsp3) is 0.440. The molecule has 0 bridgehead atoms. The molecule has 0 saturated carbocycles. The largest absolute Gasteiger partial charge is 0.497 e. The number of carbonyl (C=O) groups is 1. The van der Waals surface area contributed by atoms with Crippen LogP contribution in [-0.2, 0) is 11.2 Å². The summed E-state index contributed by atoms with van der Waals surface area (Å²) in [6.45, 7) is 9.62. The topological polar surface area (TPSA) is 85.2 Å². The lowest BCUT2D eigenvalue weighted by atomic mass is 10.0. The van der Waals surface area contributed by atoms with E-state index < -0.39 is 0 Å². The Kier molecular flexibility index (Phi) is 6.62. The molecule has 2 aromatic heterocycles. The van der Waals surface area contributed by atoms with Crippen molar-refractivity contribution in [3.05, 3.63) is 58.7 Å². The Morgan fingerprint density at radius 2 is 1.70 bits per heavy atom. The van der Waals surface area contributed by atoms with Crippen LogP contribution in [0.1, 0.15) is 41.2 Å². The van der Waals surface area contributed by atoms with Gasteiger partial charge in [-0.1, -0.05) is 0 Å². The number of aryl methyl sites for hydroxylation is 3. The zero-order chi connectivity index (χ0) is 23.5. The van der Waals surface area contributed by atoms with E-state index in [1.165, 1.54) is 5.69 Å². The first-order chi connectivity index (χ1) is 15.8. The summed E-state index contributed by atoms with van der Waals surface area (Å²) in [5.41, 5.74) is 5.65. The molecule has 1 aromatic carbocycles. The van der Waals surface area contributed by atoms with Crippen LogP contribution in [0.2, 0.25) is 0 Å². The van der Waals surface area contributed by atoms with Gasteiger partial charge in [0.1, 0.15) is 5.75 Å². The van der Waals surface area contributed by atoms with E-state index in [2.05, 4.69) is 37.4 Å². The van der Waals surface area contributed by atoms with Gasteiger partial charge in [0.05, 0.1) is 19.2 Å². The molecule has 0 aliphatic carbocycles. The second-order valence-electron chi connectivity index (χ2n) is 8.72. The van der Waals surface area contributed by atoms with Crippen LogP contribution >= 0.6 is 0 Å². The Morgan fingerprint density at radius 3 is 2.30 bits per heavy atom. The number of anilines is 1. The zero-order valence-corrected chi connectivity index (χ0v) is 20.1. The summed E-state index contributed by atoms with van der Waals surface area (Å²) in [4.78, 5) is 24.2. The van der Waals surface area contributed by atoms with Crippen molar-refractivity contribution in [1.82, 2.24) is 25.1 Å². The van der Waals surface area contributed by atoms with E-state index in [1.54, 1.807) is 11.8 Å². The molecule has 174 valence electrons. The number of benzene rings is 1. The maximum absolute atomic E-state index is 12.9. The Hall–Kier alpha value is -3.42. The van der Waals surface area contributed by atoms with Crippen LogP contribution in [-0.4, -0.2) is 51.9 Å². The number of hydrogen-bond donors (Lipinski definition) is 1. The minimum atomic E-state index is 0.0324. The van der Waals surface area contributed by atoms with Crippen LogP contribution in [0.15, 0.2) is 30.3 Å². The van der Waals surface area contributed by atoms with Gasteiger partial charge in [0.2, 0.25) is 5.91 Å². The predicted molar refractivity (Wildman–Crippen MR) is 128 cm³/mol. The lowest BCUT2D eigenvalue weighted by molar-refractivity contribution is -0.121. The molecule has 1 fully saturated rings. The number of nitrogens with one attached hydrogen (secondary N) is 1. The number of rotatable bonds is 6. The molecule has 1 N–H and O–H groups in total. The second kappa shape index (κ2) is 9.60. The number of piperidine rings is 1. The van der Waals surface area contributed by atoms with Crippen molar-refractivity contribution in [2.45, 2.75) is 53.0 Å². The molecule has 1 aliphatic heterocycles. The number of ether oxygens (including phenoxy) is 1. The smallest absolute Gasteiger partial charge is 0.251 e. The molecular weight excluding hydrogens is 416 g/mol. The van der Waals surface area contributed by atoms with Gasteiger partial charge in [-0.15, -0.1) is 0 Å². The van der Waals surface area contributed by atoms with Crippen LogP contribution in [0.25, 0.3) is 5.95 Å². The van der Waals surface area contributed by atoms with Crippen LogP contribution in [0.3, 0.4) is 0 Å². The van der Waals surface area contributed by atoms with E-state index >= 15 is 0 Å². The summed E-state index contributed by atoms with van der Waals surface area (Å²) in [5, 5.41) is 7.84. The van der Waals surface area contributed by atoms with Crippen molar-refractivity contribution in [3.8, 4) is 11.7 Å². The monoisotopic (exact) mass is 448 g/mol. The highest BCUT2D eigenvalue weighted by molar-refractivity contribution is 5.79. The number of aromatic nitrogens is 4. The van der Waals surface area contributed by atoms with E-state index in [-0.39, 0.29) is 11.9 Å². The molecule has 0 atom stereocenters. The van der Waals surface area contributed by atoms with Gasteiger partial charge in [-0.2, -0.15) is 5.10 Å². The summed E-state index contributed by atoms with van der Waals surface area (Å²) in [5.74, 6) is 1.44. The lowest BCUT2D eigenvalue weighted by Crippen LogP contribution is -2.45. The molecule has 0 spiro atoms. The predicted octanol–water partition coefficient (Wildman–Crippen LogP) is 3.23. The van der Waals surface area contributed by atoms with Crippen LogP contribution in [0.4, 0.5) is 5.69 Å². The van der Waals surface area contributed by atoms with Gasteiger partial charge in [0, 0.05) is 47.5 Å². The number of hydrogen-bond acceptors (Lipinski definition) is 6. The fourth-order valence-electron chi connectivity index (χ4n) is 4.44. The van der Waals surface area contributed by atoms with Gasteiger partial charge in [-0.05, 0) is 70.9 Å². The van der Waals surface area contributed by atoms with Gasteiger partial charge in [-0.3, -0.25) is 4.79 Å². The number of nitrogens with zero attached hydrogens (tertiary/aromatic N) is 5. The van der Waals surface area contributed by atoms with Crippen molar-refractivity contribution < 1.29 is 9.53 Å². The van der Waals surface area contributed by atoms with Gasteiger partial charge in [0.25, 0.3) is 5.95 Å². The van der Waals surface area contributed by atoms with Crippen LogP contribution in [0, 0.1) is 27.7 Å². The highest BCUT2D eigenvalue weighted by Crippen LogP contribution is 2.23. The molecule has 33 heavy (non-hydrogen) atoms. The first kappa shape index (κ1) is 22.8. The fourth-order valence-corrected chi connectivity index (χ4v) is 4.44. The standard InChI is InChI=1S/C25H32N6O2/c1-16-14-17(2)27-25(26-16)31-19(4)23(18(3)29-31)15-24(32)28-20-10-12-30(13-11-20)21-6-8-22(33-5)9-7-21/h6-9,14,20H,10-13,15H2,1-5H3,(H,28,32). The van der Waals surface area contributed by atoms with E-state index in [9.17, 15) is 4.79 Å².